The Labute approximate surface area is 122 Å². The molecule has 2 rings (SSSR count). The van der Waals surface area contributed by atoms with Crippen LogP contribution in [-0.4, -0.2) is 25.5 Å². The molecule has 0 atom stereocenters. The van der Waals surface area contributed by atoms with Gasteiger partial charge < -0.3 is 5.32 Å². The van der Waals surface area contributed by atoms with Crippen LogP contribution in [-0.2, 0) is 20.1 Å². The van der Waals surface area contributed by atoms with Crippen LogP contribution in [0.4, 0.5) is 0 Å². The van der Waals surface area contributed by atoms with Gasteiger partial charge in [0, 0.05) is 25.5 Å². The Morgan fingerprint density at radius 1 is 1.40 bits per heavy atom. The normalized spacial score (nSPS) is 10.8. The molecule has 0 fully saturated rings. The molecule has 0 radical (unpaired) electrons. The molecule has 1 amide bonds. The molecule has 0 aliphatic heterocycles. The average Bonchev–Trinajstić information content (AvgIpc) is 2.88. The SMILES string of the molecule is CCn1cc(Cl)c(CNC(=O)c2c(C)nn(C)c2C)n1. The third kappa shape index (κ3) is 2.70. The first-order valence-electron chi connectivity index (χ1n) is 6.44. The highest BCUT2D eigenvalue weighted by atomic mass is 35.5. The molecule has 2 heterocycles. The summed E-state index contributed by atoms with van der Waals surface area (Å²) in [5.74, 6) is -0.157. The fraction of sp³-hybridized carbons (Fsp3) is 0.462. The molecule has 20 heavy (non-hydrogen) atoms. The first-order chi connectivity index (χ1) is 9.43. The number of hydrogen-bond donors (Lipinski definition) is 1. The highest BCUT2D eigenvalue weighted by Gasteiger charge is 2.17. The maximum atomic E-state index is 12.2. The highest BCUT2D eigenvalue weighted by Crippen LogP contribution is 2.15. The second-order valence-electron chi connectivity index (χ2n) is 4.63. The molecule has 2 aromatic rings. The van der Waals surface area contributed by atoms with Crippen LogP contribution in [0.15, 0.2) is 6.20 Å². The molecule has 108 valence electrons. The lowest BCUT2D eigenvalue weighted by atomic mass is 10.2. The maximum absolute atomic E-state index is 12.2. The number of hydrogen-bond acceptors (Lipinski definition) is 3. The predicted molar refractivity (Wildman–Crippen MR) is 76.8 cm³/mol. The second kappa shape index (κ2) is 5.66. The van der Waals surface area contributed by atoms with Crippen molar-refractivity contribution in [3.05, 3.63) is 33.9 Å². The molecule has 2 aromatic heterocycles. The van der Waals surface area contributed by atoms with E-state index in [1.165, 1.54) is 0 Å². The van der Waals surface area contributed by atoms with E-state index in [1.54, 1.807) is 15.6 Å². The maximum Gasteiger partial charge on any atom is 0.255 e. The first kappa shape index (κ1) is 14.6. The average molecular weight is 296 g/mol. The molecule has 7 heteroatoms. The van der Waals surface area contributed by atoms with Gasteiger partial charge in [-0.2, -0.15) is 10.2 Å². The van der Waals surface area contributed by atoms with Gasteiger partial charge in [-0.05, 0) is 20.8 Å². The number of rotatable bonds is 4. The zero-order chi connectivity index (χ0) is 14.9. The van der Waals surface area contributed by atoms with E-state index < -0.39 is 0 Å². The van der Waals surface area contributed by atoms with Gasteiger partial charge in [0.15, 0.2) is 0 Å². The van der Waals surface area contributed by atoms with Crippen LogP contribution in [0.2, 0.25) is 5.02 Å². The molecule has 0 spiro atoms. The van der Waals surface area contributed by atoms with Gasteiger partial charge in [0.05, 0.1) is 22.8 Å². The highest BCUT2D eigenvalue weighted by molar-refractivity contribution is 6.31. The van der Waals surface area contributed by atoms with Crippen molar-refractivity contribution in [2.75, 3.05) is 0 Å². The molecular weight excluding hydrogens is 278 g/mol. The molecular formula is C13H18ClN5O. The monoisotopic (exact) mass is 295 g/mol. The predicted octanol–water partition coefficient (Wildman–Crippen LogP) is 1.84. The minimum atomic E-state index is -0.157. The Kier molecular flexibility index (Phi) is 4.13. The minimum Gasteiger partial charge on any atom is -0.346 e. The van der Waals surface area contributed by atoms with E-state index in [2.05, 4.69) is 15.5 Å². The van der Waals surface area contributed by atoms with Crippen molar-refractivity contribution in [1.29, 1.82) is 0 Å². The Morgan fingerprint density at radius 2 is 2.10 bits per heavy atom. The van der Waals surface area contributed by atoms with Crippen LogP contribution < -0.4 is 5.32 Å². The first-order valence-corrected chi connectivity index (χ1v) is 6.82. The number of carbonyl (C=O) groups is 1. The lowest BCUT2D eigenvalue weighted by molar-refractivity contribution is 0.0949. The van der Waals surface area contributed by atoms with Gasteiger partial charge in [0.1, 0.15) is 5.69 Å². The van der Waals surface area contributed by atoms with Crippen LogP contribution in [0.1, 0.15) is 34.4 Å². The number of nitrogens with zero attached hydrogens (tertiary/aromatic N) is 4. The zero-order valence-electron chi connectivity index (χ0n) is 12.1. The van der Waals surface area contributed by atoms with Gasteiger partial charge in [0.2, 0.25) is 0 Å². The van der Waals surface area contributed by atoms with E-state index in [1.807, 2.05) is 27.8 Å². The molecule has 0 saturated carbocycles. The summed E-state index contributed by atoms with van der Waals surface area (Å²) in [4.78, 5) is 12.2. The number of aryl methyl sites for hydroxylation is 3. The summed E-state index contributed by atoms with van der Waals surface area (Å²) in [7, 11) is 1.82. The van der Waals surface area contributed by atoms with E-state index in [4.69, 9.17) is 11.6 Å². The van der Waals surface area contributed by atoms with Gasteiger partial charge in [-0.15, -0.1) is 0 Å². The molecule has 0 saturated heterocycles. The smallest absolute Gasteiger partial charge is 0.255 e. The van der Waals surface area contributed by atoms with Crippen molar-refractivity contribution >= 4 is 17.5 Å². The van der Waals surface area contributed by atoms with Crippen LogP contribution in [0.3, 0.4) is 0 Å². The summed E-state index contributed by atoms with van der Waals surface area (Å²) in [5, 5.41) is 11.9. The fourth-order valence-electron chi connectivity index (χ4n) is 2.07. The van der Waals surface area contributed by atoms with E-state index in [9.17, 15) is 4.79 Å². The minimum absolute atomic E-state index is 0.157. The third-order valence-corrected chi connectivity index (χ3v) is 3.58. The fourth-order valence-corrected chi connectivity index (χ4v) is 2.29. The van der Waals surface area contributed by atoms with E-state index in [0.29, 0.717) is 28.5 Å². The largest absolute Gasteiger partial charge is 0.346 e. The summed E-state index contributed by atoms with van der Waals surface area (Å²) >= 11 is 6.07. The van der Waals surface area contributed by atoms with Crippen molar-refractivity contribution in [2.45, 2.75) is 33.9 Å². The summed E-state index contributed by atoms with van der Waals surface area (Å²) in [6, 6.07) is 0. The van der Waals surface area contributed by atoms with Crippen molar-refractivity contribution < 1.29 is 4.79 Å². The molecule has 6 nitrogen and oxygen atoms in total. The summed E-state index contributed by atoms with van der Waals surface area (Å²) in [5.41, 5.74) is 2.83. The standard InChI is InChI=1S/C13H18ClN5O/c1-5-19-7-10(14)11(17-19)6-15-13(20)12-8(2)16-18(4)9(12)3/h7H,5-6H2,1-4H3,(H,15,20). The van der Waals surface area contributed by atoms with E-state index >= 15 is 0 Å². The summed E-state index contributed by atoms with van der Waals surface area (Å²) in [6.07, 6.45) is 1.75. The number of aromatic nitrogens is 4. The zero-order valence-corrected chi connectivity index (χ0v) is 12.8. The summed E-state index contributed by atoms with van der Waals surface area (Å²) < 4.78 is 3.44. The van der Waals surface area contributed by atoms with E-state index in [-0.39, 0.29) is 5.91 Å². The summed E-state index contributed by atoms with van der Waals surface area (Å²) in [6.45, 7) is 6.72. The lowest BCUT2D eigenvalue weighted by Gasteiger charge is -2.04. The van der Waals surface area contributed by atoms with Crippen molar-refractivity contribution in [3.8, 4) is 0 Å². The number of nitrogens with one attached hydrogen (secondary N) is 1. The molecule has 0 aromatic carbocycles. The number of carbonyl (C=O) groups excluding carboxylic acids is 1. The molecule has 0 aliphatic carbocycles. The Hall–Kier alpha value is -1.82. The van der Waals surface area contributed by atoms with Crippen LogP contribution in [0.5, 0.6) is 0 Å². The second-order valence-corrected chi connectivity index (χ2v) is 5.04. The van der Waals surface area contributed by atoms with Gasteiger partial charge in [-0.25, -0.2) is 0 Å². The number of amides is 1. The molecule has 0 unspecified atom stereocenters. The van der Waals surface area contributed by atoms with Gasteiger partial charge in [-0.1, -0.05) is 11.6 Å². The Morgan fingerprint density at radius 3 is 2.60 bits per heavy atom. The Balaban J connectivity index is 2.10. The van der Waals surface area contributed by atoms with Gasteiger partial charge in [0.25, 0.3) is 5.91 Å². The quantitative estimate of drug-likeness (QED) is 0.936. The van der Waals surface area contributed by atoms with Crippen molar-refractivity contribution in [1.82, 2.24) is 24.9 Å². The van der Waals surface area contributed by atoms with Crippen molar-refractivity contribution in [3.63, 3.8) is 0 Å². The van der Waals surface area contributed by atoms with Crippen LogP contribution in [0, 0.1) is 13.8 Å². The molecule has 1 N–H and O–H groups in total. The molecule has 0 bridgehead atoms. The van der Waals surface area contributed by atoms with Crippen LogP contribution in [0.25, 0.3) is 0 Å². The topological polar surface area (TPSA) is 64.7 Å². The van der Waals surface area contributed by atoms with Gasteiger partial charge in [-0.3, -0.25) is 14.2 Å². The van der Waals surface area contributed by atoms with E-state index in [0.717, 1.165) is 12.2 Å². The van der Waals surface area contributed by atoms with Crippen molar-refractivity contribution in [2.24, 2.45) is 7.05 Å². The van der Waals surface area contributed by atoms with Crippen LogP contribution >= 0.6 is 11.6 Å². The Bertz CT molecular complexity index is 643. The lowest BCUT2D eigenvalue weighted by Crippen LogP contribution is -2.24. The molecule has 0 aliphatic rings. The third-order valence-electron chi connectivity index (χ3n) is 3.26. The van der Waals surface area contributed by atoms with Gasteiger partial charge >= 0.3 is 0 Å². The number of halogens is 1.